The smallest absolute Gasteiger partial charge is 0.423 e. The van der Waals surface area contributed by atoms with Crippen LogP contribution in [0.3, 0.4) is 0 Å². The van der Waals surface area contributed by atoms with E-state index < -0.39 is 7.12 Å². The molecule has 2 nitrogen and oxygen atoms in total. The van der Waals surface area contributed by atoms with Crippen molar-refractivity contribution in [1.29, 1.82) is 0 Å². The van der Waals surface area contributed by atoms with Gasteiger partial charge in [-0.1, -0.05) is 37.6 Å². The van der Waals surface area contributed by atoms with Crippen molar-refractivity contribution in [1.82, 2.24) is 0 Å². The van der Waals surface area contributed by atoms with E-state index in [0.717, 1.165) is 18.4 Å². The summed E-state index contributed by atoms with van der Waals surface area (Å²) in [5.74, 6) is 0. The molecular formula is C9H13BO2. The Morgan fingerprint density at radius 3 is 2.50 bits per heavy atom. The molecule has 1 aromatic rings. The first-order chi connectivity index (χ1) is 5.75. The molecule has 0 amide bonds. The first-order valence-electron chi connectivity index (χ1n) is 4.19. The van der Waals surface area contributed by atoms with E-state index in [-0.39, 0.29) is 0 Å². The van der Waals surface area contributed by atoms with Crippen molar-refractivity contribution >= 4 is 12.6 Å². The van der Waals surface area contributed by atoms with Crippen molar-refractivity contribution in [2.75, 3.05) is 0 Å². The highest BCUT2D eigenvalue weighted by Crippen LogP contribution is 2.00. The van der Waals surface area contributed by atoms with Crippen LogP contribution in [0.2, 0.25) is 0 Å². The second-order valence-electron chi connectivity index (χ2n) is 2.82. The van der Waals surface area contributed by atoms with E-state index in [1.54, 1.807) is 6.07 Å². The van der Waals surface area contributed by atoms with Gasteiger partial charge in [0, 0.05) is 0 Å². The summed E-state index contributed by atoms with van der Waals surface area (Å²) in [7, 11) is -1.34. The molecule has 0 spiro atoms. The summed E-state index contributed by atoms with van der Waals surface area (Å²) in [5.41, 5.74) is 1.65. The molecule has 0 radical (unpaired) electrons. The van der Waals surface area contributed by atoms with Crippen LogP contribution in [0, 0.1) is 0 Å². The van der Waals surface area contributed by atoms with Gasteiger partial charge in [-0.15, -0.1) is 0 Å². The Labute approximate surface area is 73.0 Å². The molecule has 3 heteroatoms. The van der Waals surface area contributed by atoms with E-state index in [4.69, 9.17) is 10.0 Å². The molecule has 0 aromatic heterocycles. The Kier molecular flexibility index (Phi) is 3.32. The predicted molar refractivity (Wildman–Crippen MR) is 50.3 cm³/mol. The minimum absolute atomic E-state index is 0.624. The van der Waals surface area contributed by atoms with E-state index in [1.807, 2.05) is 18.2 Å². The Bertz CT molecular complexity index is 248. The molecule has 0 atom stereocenters. The molecule has 2 N–H and O–H groups in total. The first-order valence-corrected chi connectivity index (χ1v) is 4.19. The Morgan fingerprint density at radius 1 is 1.25 bits per heavy atom. The van der Waals surface area contributed by atoms with Gasteiger partial charge in [0.1, 0.15) is 0 Å². The zero-order chi connectivity index (χ0) is 8.97. The predicted octanol–water partition coefficient (Wildman–Crippen LogP) is 0.319. The second kappa shape index (κ2) is 4.29. The number of rotatable bonds is 3. The summed E-state index contributed by atoms with van der Waals surface area (Å²) in [6.07, 6.45) is 1.91. The maximum Gasteiger partial charge on any atom is 0.488 e. The summed E-state index contributed by atoms with van der Waals surface area (Å²) in [6, 6.07) is 7.40. The molecular weight excluding hydrogens is 151 g/mol. The van der Waals surface area contributed by atoms with E-state index in [2.05, 4.69) is 6.92 Å². The summed E-state index contributed by atoms with van der Waals surface area (Å²) in [5, 5.41) is 18.0. The van der Waals surface area contributed by atoms with Crippen LogP contribution in [0.4, 0.5) is 0 Å². The van der Waals surface area contributed by atoms with Crippen LogP contribution in [-0.2, 0) is 6.42 Å². The molecule has 0 bridgehead atoms. The van der Waals surface area contributed by atoms with Crippen molar-refractivity contribution in [3.63, 3.8) is 0 Å². The zero-order valence-electron chi connectivity index (χ0n) is 7.20. The van der Waals surface area contributed by atoms with Crippen LogP contribution in [0.5, 0.6) is 0 Å². The van der Waals surface area contributed by atoms with Crippen molar-refractivity contribution in [3.05, 3.63) is 29.8 Å². The largest absolute Gasteiger partial charge is 0.488 e. The fourth-order valence-corrected chi connectivity index (χ4v) is 1.28. The summed E-state index contributed by atoms with van der Waals surface area (Å²) < 4.78 is 0. The lowest BCUT2D eigenvalue weighted by Gasteiger charge is -2.06. The van der Waals surface area contributed by atoms with E-state index in [9.17, 15) is 0 Å². The molecule has 0 heterocycles. The monoisotopic (exact) mass is 164 g/mol. The van der Waals surface area contributed by atoms with Gasteiger partial charge < -0.3 is 10.0 Å². The standard InChI is InChI=1S/C9H13BO2/c1-2-5-8-6-3-4-7-9(8)10(11)12/h3-4,6-7,11-12H,2,5H2,1H3. The molecule has 1 aromatic carbocycles. The third-order valence-electron chi connectivity index (χ3n) is 1.85. The number of aryl methyl sites for hydroxylation is 1. The van der Waals surface area contributed by atoms with Gasteiger partial charge in [-0.2, -0.15) is 0 Å². The van der Waals surface area contributed by atoms with Crippen LogP contribution in [-0.4, -0.2) is 17.2 Å². The molecule has 64 valence electrons. The normalized spacial score (nSPS) is 9.92. The fraction of sp³-hybridized carbons (Fsp3) is 0.333. The van der Waals surface area contributed by atoms with E-state index in [0.29, 0.717) is 5.46 Å². The summed E-state index contributed by atoms with van der Waals surface area (Å²) >= 11 is 0. The third kappa shape index (κ3) is 2.09. The minimum atomic E-state index is -1.34. The number of hydrogen-bond acceptors (Lipinski definition) is 2. The molecule has 0 aliphatic heterocycles. The molecule has 0 saturated carbocycles. The average molecular weight is 164 g/mol. The maximum atomic E-state index is 8.99. The van der Waals surface area contributed by atoms with Gasteiger partial charge in [0.05, 0.1) is 0 Å². The first kappa shape index (κ1) is 9.29. The van der Waals surface area contributed by atoms with Crippen LogP contribution in [0.25, 0.3) is 0 Å². The van der Waals surface area contributed by atoms with Crippen LogP contribution >= 0.6 is 0 Å². The molecule has 0 fully saturated rings. The second-order valence-corrected chi connectivity index (χ2v) is 2.82. The quantitative estimate of drug-likeness (QED) is 0.631. The number of benzene rings is 1. The molecule has 0 aliphatic rings. The third-order valence-corrected chi connectivity index (χ3v) is 1.85. The average Bonchev–Trinajstić information content (AvgIpc) is 2.05. The Balaban J connectivity index is 2.92. The van der Waals surface area contributed by atoms with Crippen LogP contribution in [0.1, 0.15) is 18.9 Å². The zero-order valence-corrected chi connectivity index (χ0v) is 7.20. The Morgan fingerprint density at radius 2 is 1.92 bits per heavy atom. The molecule has 0 saturated heterocycles. The maximum absolute atomic E-state index is 8.99. The van der Waals surface area contributed by atoms with Crippen molar-refractivity contribution in [2.24, 2.45) is 0 Å². The van der Waals surface area contributed by atoms with Gasteiger partial charge >= 0.3 is 7.12 Å². The topological polar surface area (TPSA) is 40.5 Å². The van der Waals surface area contributed by atoms with Crippen LogP contribution < -0.4 is 5.46 Å². The van der Waals surface area contributed by atoms with Crippen molar-refractivity contribution in [3.8, 4) is 0 Å². The Hall–Kier alpha value is -0.795. The van der Waals surface area contributed by atoms with Crippen LogP contribution in [0.15, 0.2) is 24.3 Å². The summed E-state index contributed by atoms with van der Waals surface area (Å²) in [4.78, 5) is 0. The minimum Gasteiger partial charge on any atom is -0.423 e. The highest BCUT2D eigenvalue weighted by atomic mass is 16.4. The van der Waals surface area contributed by atoms with Crippen molar-refractivity contribution < 1.29 is 10.0 Å². The van der Waals surface area contributed by atoms with Crippen molar-refractivity contribution in [2.45, 2.75) is 19.8 Å². The van der Waals surface area contributed by atoms with Gasteiger partial charge in [0.15, 0.2) is 0 Å². The van der Waals surface area contributed by atoms with Gasteiger partial charge in [0.25, 0.3) is 0 Å². The van der Waals surface area contributed by atoms with Gasteiger partial charge in [-0.25, -0.2) is 0 Å². The molecule has 0 unspecified atom stereocenters. The number of hydrogen-bond donors (Lipinski definition) is 2. The SMILES string of the molecule is CCCc1ccccc1B(O)O. The molecule has 1 rings (SSSR count). The molecule has 0 aliphatic carbocycles. The van der Waals surface area contributed by atoms with Gasteiger partial charge in [-0.05, 0) is 17.4 Å². The van der Waals surface area contributed by atoms with E-state index in [1.165, 1.54) is 0 Å². The highest BCUT2D eigenvalue weighted by molar-refractivity contribution is 6.59. The highest BCUT2D eigenvalue weighted by Gasteiger charge is 2.13. The lowest BCUT2D eigenvalue weighted by Crippen LogP contribution is -2.32. The fourth-order valence-electron chi connectivity index (χ4n) is 1.28. The summed E-state index contributed by atoms with van der Waals surface area (Å²) in [6.45, 7) is 2.07. The lowest BCUT2D eigenvalue weighted by atomic mass is 9.76. The lowest BCUT2D eigenvalue weighted by molar-refractivity contribution is 0.425. The molecule has 12 heavy (non-hydrogen) atoms. The van der Waals surface area contributed by atoms with Gasteiger partial charge in [0.2, 0.25) is 0 Å². The van der Waals surface area contributed by atoms with Gasteiger partial charge in [-0.3, -0.25) is 0 Å². The van der Waals surface area contributed by atoms with E-state index >= 15 is 0 Å².